The molecule has 0 unspecified atom stereocenters. The third kappa shape index (κ3) is 5.78. The van der Waals surface area contributed by atoms with Crippen LogP contribution in [0.1, 0.15) is 68.7 Å². The van der Waals surface area contributed by atoms with Crippen LogP contribution in [0.3, 0.4) is 0 Å². The standard InChI is InChI=1S/C30H36N4O2S/c1-19-26(12-15-37-19)27-17-25(34-28(36)16-21-4-10-24(11-5-21)33-20(2)35)18-32-29(27)22-6-8-23(9-7-22)30(31)13-3-14-30/h6-9,12,15,17-18,21,24H,3-5,10-11,13-14,16,31H2,1-2H3,(H,33,35)(H,34,36)/t21-,24-. The van der Waals surface area contributed by atoms with Gasteiger partial charge in [-0.2, -0.15) is 0 Å². The number of nitrogens with zero attached hydrogens (tertiary/aromatic N) is 1. The van der Waals surface area contributed by atoms with Crippen LogP contribution in [0.2, 0.25) is 0 Å². The summed E-state index contributed by atoms with van der Waals surface area (Å²) >= 11 is 1.71. The molecule has 0 bridgehead atoms. The van der Waals surface area contributed by atoms with Gasteiger partial charge in [-0.1, -0.05) is 24.3 Å². The Hall–Kier alpha value is -3.03. The highest BCUT2D eigenvalue weighted by molar-refractivity contribution is 7.10. The van der Waals surface area contributed by atoms with Crippen molar-refractivity contribution in [1.82, 2.24) is 10.3 Å². The van der Waals surface area contributed by atoms with Crippen LogP contribution in [-0.2, 0) is 15.1 Å². The number of hydrogen-bond donors (Lipinski definition) is 3. The molecule has 2 aromatic heterocycles. The molecule has 2 fully saturated rings. The van der Waals surface area contributed by atoms with Crippen molar-refractivity contribution in [3.63, 3.8) is 0 Å². The first-order valence-electron chi connectivity index (χ1n) is 13.3. The summed E-state index contributed by atoms with van der Waals surface area (Å²) in [6, 6.07) is 12.9. The molecule has 6 nitrogen and oxygen atoms in total. The van der Waals surface area contributed by atoms with Crippen molar-refractivity contribution in [2.75, 3.05) is 5.32 Å². The van der Waals surface area contributed by atoms with E-state index in [2.05, 4.69) is 53.3 Å². The van der Waals surface area contributed by atoms with Crippen LogP contribution in [0.15, 0.2) is 48.0 Å². The lowest BCUT2D eigenvalue weighted by Gasteiger charge is -2.38. The molecule has 37 heavy (non-hydrogen) atoms. The van der Waals surface area contributed by atoms with E-state index in [1.165, 1.54) is 16.9 Å². The molecule has 2 saturated carbocycles. The largest absolute Gasteiger partial charge is 0.354 e. The van der Waals surface area contributed by atoms with Gasteiger partial charge < -0.3 is 16.4 Å². The van der Waals surface area contributed by atoms with Crippen molar-refractivity contribution in [2.45, 2.75) is 76.8 Å². The average Bonchev–Trinajstić information content (AvgIpc) is 3.29. The topological polar surface area (TPSA) is 97.1 Å². The Morgan fingerprint density at radius 1 is 1.08 bits per heavy atom. The van der Waals surface area contributed by atoms with Gasteiger partial charge in [0.1, 0.15) is 0 Å². The molecule has 2 aliphatic carbocycles. The summed E-state index contributed by atoms with van der Waals surface area (Å²) in [4.78, 5) is 30.3. The summed E-state index contributed by atoms with van der Waals surface area (Å²) in [6.45, 7) is 3.68. The molecule has 5 rings (SSSR count). The lowest BCUT2D eigenvalue weighted by Crippen LogP contribution is -2.43. The summed E-state index contributed by atoms with van der Waals surface area (Å²) < 4.78 is 0. The van der Waals surface area contributed by atoms with E-state index in [1.54, 1.807) is 24.5 Å². The zero-order valence-electron chi connectivity index (χ0n) is 21.7. The van der Waals surface area contributed by atoms with Gasteiger partial charge in [-0.25, -0.2) is 0 Å². The van der Waals surface area contributed by atoms with Gasteiger partial charge in [0.25, 0.3) is 0 Å². The molecule has 194 valence electrons. The Kier molecular flexibility index (Phi) is 7.45. The fourth-order valence-corrected chi connectivity index (χ4v) is 6.43. The molecular formula is C30H36N4O2S. The Bertz CT molecular complexity index is 1270. The highest BCUT2D eigenvalue weighted by Crippen LogP contribution is 2.40. The second-order valence-corrected chi connectivity index (χ2v) is 11.9. The zero-order chi connectivity index (χ0) is 26.0. The van der Waals surface area contributed by atoms with E-state index in [0.29, 0.717) is 18.0 Å². The van der Waals surface area contributed by atoms with Gasteiger partial charge in [-0.05, 0) is 86.4 Å². The number of carbonyl (C=O) groups is 2. The van der Waals surface area contributed by atoms with Crippen LogP contribution < -0.4 is 16.4 Å². The smallest absolute Gasteiger partial charge is 0.224 e. The second kappa shape index (κ2) is 10.8. The molecular weight excluding hydrogens is 480 g/mol. The average molecular weight is 517 g/mol. The number of benzene rings is 1. The highest BCUT2D eigenvalue weighted by atomic mass is 32.1. The molecule has 7 heteroatoms. The number of nitrogens with two attached hydrogens (primary N) is 1. The first-order valence-corrected chi connectivity index (χ1v) is 14.2. The number of pyridine rings is 1. The fraction of sp³-hybridized carbons (Fsp3) is 0.433. The summed E-state index contributed by atoms with van der Waals surface area (Å²) in [5.41, 5.74) is 12.3. The van der Waals surface area contributed by atoms with Gasteiger partial charge in [0.15, 0.2) is 0 Å². The Morgan fingerprint density at radius 3 is 2.41 bits per heavy atom. The van der Waals surface area contributed by atoms with Crippen LogP contribution in [0, 0.1) is 12.8 Å². The van der Waals surface area contributed by atoms with Crippen molar-refractivity contribution >= 4 is 28.8 Å². The number of carbonyl (C=O) groups excluding carboxylic acids is 2. The van der Waals surface area contributed by atoms with Gasteiger partial charge >= 0.3 is 0 Å². The van der Waals surface area contributed by atoms with E-state index in [9.17, 15) is 9.59 Å². The number of aryl methyl sites for hydroxylation is 1. The van der Waals surface area contributed by atoms with E-state index in [0.717, 1.165) is 60.9 Å². The van der Waals surface area contributed by atoms with E-state index in [1.807, 2.05) is 6.07 Å². The van der Waals surface area contributed by atoms with Crippen molar-refractivity contribution in [3.8, 4) is 22.4 Å². The summed E-state index contributed by atoms with van der Waals surface area (Å²) in [7, 11) is 0. The summed E-state index contributed by atoms with van der Waals surface area (Å²) in [6.07, 6.45) is 9.28. The third-order valence-electron chi connectivity index (χ3n) is 8.03. The van der Waals surface area contributed by atoms with Crippen LogP contribution in [0.4, 0.5) is 5.69 Å². The zero-order valence-corrected chi connectivity index (χ0v) is 22.5. The Morgan fingerprint density at radius 2 is 1.81 bits per heavy atom. The molecule has 4 N–H and O–H groups in total. The molecule has 2 heterocycles. The van der Waals surface area contributed by atoms with Crippen LogP contribution in [0.5, 0.6) is 0 Å². The van der Waals surface area contributed by atoms with Gasteiger partial charge in [0, 0.05) is 40.9 Å². The minimum Gasteiger partial charge on any atom is -0.354 e. The number of amides is 2. The SMILES string of the molecule is CC(=O)N[C@H]1CC[C@H](CC(=O)Nc2cnc(-c3ccc(C4(N)CCC4)cc3)c(-c3ccsc3C)c2)CC1. The molecule has 1 aromatic carbocycles. The number of hydrogen-bond acceptors (Lipinski definition) is 5. The Balaban J connectivity index is 1.32. The molecule has 0 atom stereocenters. The minimum absolute atomic E-state index is 0.0172. The summed E-state index contributed by atoms with van der Waals surface area (Å²) in [5.74, 6) is 0.380. The summed E-state index contributed by atoms with van der Waals surface area (Å²) in [5, 5.41) is 8.19. The maximum absolute atomic E-state index is 12.9. The normalized spacial score (nSPS) is 20.6. The van der Waals surface area contributed by atoms with Crippen LogP contribution in [-0.4, -0.2) is 22.8 Å². The number of anilines is 1. The predicted octanol–water partition coefficient (Wildman–Crippen LogP) is 6.15. The maximum atomic E-state index is 12.9. The lowest BCUT2D eigenvalue weighted by molar-refractivity contribution is -0.120. The van der Waals surface area contributed by atoms with Crippen molar-refractivity contribution in [1.29, 1.82) is 0 Å². The first-order chi connectivity index (χ1) is 17.8. The number of thiophene rings is 1. The van der Waals surface area contributed by atoms with Gasteiger partial charge in [-0.15, -0.1) is 11.3 Å². The van der Waals surface area contributed by atoms with Crippen molar-refractivity contribution in [3.05, 3.63) is 58.4 Å². The molecule has 2 amide bonds. The van der Waals surface area contributed by atoms with E-state index in [4.69, 9.17) is 10.7 Å². The number of aromatic nitrogens is 1. The lowest BCUT2D eigenvalue weighted by atomic mass is 9.72. The van der Waals surface area contributed by atoms with Crippen LogP contribution >= 0.6 is 11.3 Å². The number of rotatable bonds is 7. The molecule has 0 spiro atoms. The molecule has 0 radical (unpaired) electrons. The highest BCUT2D eigenvalue weighted by Gasteiger charge is 2.34. The monoisotopic (exact) mass is 516 g/mol. The van der Waals surface area contributed by atoms with Gasteiger partial charge in [0.2, 0.25) is 11.8 Å². The second-order valence-electron chi connectivity index (χ2n) is 10.8. The molecule has 3 aromatic rings. The van der Waals surface area contributed by atoms with Crippen LogP contribution in [0.25, 0.3) is 22.4 Å². The van der Waals surface area contributed by atoms with Gasteiger partial charge in [0.05, 0.1) is 17.6 Å². The van der Waals surface area contributed by atoms with E-state index < -0.39 is 0 Å². The van der Waals surface area contributed by atoms with Crippen molar-refractivity contribution in [2.24, 2.45) is 11.7 Å². The first kappa shape index (κ1) is 25.6. The minimum atomic E-state index is -0.184. The third-order valence-corrected chi connectivity index (χ3v) is 8.87. The predicted molar refractivity (Wildman–Crippen MR) is 150 cm³/mol. The Labute approximate surface area is 223 Å². The molecule has 0 aliphatic heterocycles. The molecule has 0 saturated heterocycles. The quantitative estimate of drug-likeness (QED) is 0.351. The fourth-order valence-electron chi connectivity index (χ4n) is 5.71. The van der Waals surface area contributed by atoms with Crippen molar-refractivity contribution < 1.29 is 9.59 Å². The van der Waals surface area contributed by atoms with Gasteiger partial charge in [-0.3, -0.25) is 14.6 Å². The maximum Gasteiger partial charge on any atom is 0.224 e. The van der Waals surface area contributed by atoms with E-state index >= 15 is 0 Å². The van der Waals surface area contributed by atoms with E-state index in [-0.39, 0.29) is 23.4 Å². The number of nitrogens with one attached hydrogen (secondary N) is 2. The molecule has 2 aliphatic rings.